The van der Waals surface area contributed by atoms with Crippen molar-refractivity contribution in [2.75, 3.05) is 0 Å². The Hall–Kier alpha value is -2.17. The Balaban J connectivity index is 1.92. The number of aryl methyl sites for hydroxylation is 3. The lowest BCUT2D eigenvalue weighted by atomic mass is 10.2. The molecular formula is C13H15N3O2. The number of hydrogen-bond acceptors (Lipinski definition) is 3. The van der Waals surface area contributed by atoms with Crippen LogP contribution in [0.3, 0.4) is 0 Å². The Morgan fingerprint density at radius 2 is 2.28 bits per heavy atom. The molecule has 5 nitrogen and oxygen atoms in total. The summed E-state index contributed by atoms with van der Waals surface area (Å²) >= 11 is 0. The second kappa shape index (κ2) is 5.44. The standard InChI is InChI=1S/C13H15N3O2/c1-10-9-12(13(17)18)15-16(10)8-4-6-11-5-2-3-7-14-11/h2-3,5,7,9H,4,6,8H2,1H3,(H,17,18). The molecule has 0 atom stereocenters. The van der Waals surface area contributed by atoms with Crippen LogP contribution in [0.4, 0.5) is 0 Å². The van der Waals surface area contributed by atoms with Gasteiger partial charge in [0.25, 0.3) is 0 Å². The summed E-state index contributed by atoms with van der Waals surface area (Å²) in [6, 6.07) is 7.42. The number of aromatic carboxylic acids is 1. The number of carbonyl (C=O) groups is 1. The second-order valence-corrected chi connectivity index (χ2v) is 4.12. The monoisotopic (exact) mass is 245 g/mol. The van der Waals surface area contributed by atoms with Crippen molar-refractivity contribution in [3.05, 3.63) is 47.5 Å². The lowest BCUT2D eigenvalue weighted by molar-refractivity contribution is 0.0689. The highest BCUT2D eigenvalue weighted by molar-refractivity contribution is 5.85. The molecule has 0 saturated carbocycles. The summed E-state index contributed by atoms with van der Waals surface area (Å²) in [4.78, 5) is 15.0. The van der Waals surface area contributed by atoms with Crippen LogP contribution >= 0.6 is 0 Å². The van der Waals surface area contributed by atoms with Crippen LogP contribution in [0.1, 0.15) is 28.3 Å². The van der Waals surface area contributed by atoms with Gasteiger partial charge >= 0.3 is 5.97 Å². The molecule has 0 fully saturated rings. The van der Waals surface area contributed by atoms with Gasteiger partial charge in [0.15, 0.2) is 5.69 Å². The van der Waals surface area contributed by atoms with Gasteiger partial charge in [-0.2, -0.15) is 5.10 Å². The van der Waals surface area contributed by atoms with E-state index in [1.54, 1.807) is 16.9 Å². The second-order valence-electron chi connectivity index (χ2n) is 4.12. The quantitative estimate of drug-likeness (QED) is 0.873. The highest BCUT2D eigenvalue weighted by Crippen LogP contribution is 2.06. The van der Waals surface area contributed by atoms with E-state index in [-0.39, 0.29) is 5.69 Å². The Bertz CT molecular complexity index is 534. The number of aromatic nitrogens is 3. The van der Waals surface area contributed by atoms with E-state index >= 15 is 0 Å². The molecule has 2 heterocycles. The van der Waals surface area contributed by atoms with Gasteiger partial charge in [-0.15, -0.1) is 0 Å². The Kier molecular flexibility index (Phi) is 3.72. The largest absolute Gasteiger partial charge is 0.476 e. The van der Waals surface area contributed by atoms with E-state index < -0.39 is 5.97 Å². The SMILES string of the molecule is Cc1cc(C(=O)O)nn1CCCc1ccccn1. The molecule has 0 spiro atoms. The molecule has 2 rings (SSSR count). The minimum atomic E-state index is -0.985. The summed E-state index contributed by atoms with van der Waals surface area (Å²) in [6.07, 6.45) is 3.53. The topological polar surface area (TPSA) is 68.0 Å². The zero-order chi connectivity index (χ0) is 13.0. The van der Waals surface area contributed by atoms with Gasteiger partial charge in [-0.3, -0.25) is 9.67 Å². The zero-order valence-electron chi connectivity index (χ0n) is 10.2. The fourth-order valence-electron chi connectivity index (χ4n) is 1.80. The van der Waals surface area contributed by atoms with Gasteiger partial charge in [0.1, 0.15) is 0 Å². The van der Waals surface area contributed by atoms with E-state index in [9.17, 15) is 4.79 Å². The minimum absolute atomic E-state index is 0.102. The maximum Gasteiger partial charge on any atom is 0.356 e. The highest BCUT2D eigenvalue weighted by atomic mass is 16.4. The normalized spacial score (nSPS) is 10.5. The van der Waals surface area contributed by atoms with E-state index in [0.717, 1.165) is 24.2 Å². The molecule has 0 aliphatic heterocycles. The number of hydrogen-bond donors (Lipinski definition) is 1. The summed E-state index contributed by atoms with van der Waals surface area (Å²) in [6.45, 7) is 2.57. The fraction of sp³-hybridized carbons (Fsp3) is 0.308. The molecule has 0 aromatic carbocycles. The third-order valence-electron chi connectivity index (χ3n) is 2.73. The van der Waals surface area contributed by atoms with Crippen LogP contribution < -0.4 is 0 Å². The lowest BCUT2D eigenvalue weighted by Crippen LogP contribution is -2.06. The number of carboxylic acids is 1. The van der Waals surface area contributed by atoms with Crippen molar-refractivity contribution in [1.29, 1.82) is 0 Å². The maximum atomic E-state index is 10.8. The van der Waals surface area contributed by atoms with Crippen LogP contribution in [0.25, 0.3) is 0 Å². The van der Waals surface area contributed by atoms with Crippen molar-refractivity contribution in [3.63, 3.8) is 0 Å². The van der Waals surface area contributed by atoms with Crippen LogP contribution in [0.15, 0.2) is 30.5 Å². The molecule has 0 saturated heterocycles. The first kappa shape index (κ1) is 12.3. The Morgan fingerprint density at radius 3 is 2.89 bits per heavy atom. The van der Waals surface area contributed by atoms with Crippen molar-refractivity contribution in [3.8, 4) is 0 Å². The van der Waals surface area contributed by atoms with Crippen LogP contribution in [0, 0.1) is 6.92 Å². The third kappa shape index (κ3) is 2.94. The molecule has 2 aromatic heterocycles. The molecule has 0 amide bonds. The molecule has 0 radical (unpaired) electrons. The molecule has 2 aromatic rings. The fourth-order valence-corrected chi connectivity index (χ4v) is 1.80. The first-order chi connectivity index (χ1) is 8.66. The summed E-state index contributed by atoms with van der Waals surface area (Å²) in [5.41, 5.74) is 2.01. The summed E-state index contributed by atoms with van der Waals surface area (Å²) < 4.78 is 1.73. The zero-order valence-corrected chi connectivity index (χ0v) is 10.2. The minimum Gasteiger partial charge on any atom is -0.476 e. The molecule has 1 N–H and O–H groups in total. The van der Waals surface area contributed by atoms with Gasteiger partial charge in [0, 0.05) is 24.1 Å². The van der Waals surface area contributed by atoms with Crippen molar-refractivity contribution < 1.29 is 9.90 Å². The predicted octanol–water partition coefficient (Wildman–Crippen LogP) is 1.92. The molecule has 5 heteroatoms. The highest BCUT2D eigenvalue weighted by Gasteiger charge is 2.09. The third-order valence-corrected chi connectivity index (χ3v) is 2.73. The average molecular weight is 245 g/mol. The Labute approximate surface area is 105 Å². The molecule has 0 bridgehead atoms. The van der Waals surface area contributed by atoms with Gasteiger partial charge in [0.05, 0.1) is 0 Å². The maximum absolute atomic E-state index is 10.8. The number of nitrogens with zero attached hydrogens (tertiary/aromatic N) is 3. The van der Waals surface area contributed by atoms with Gasteiger partial charge in [0.2, 0.25) is 0 Å². The van der Waals surface area contributed by atoms with Crippen molar-refractivity contribution >= 4 is 5.97 Å². The molecule has 94 valence electrons. The van der Waals surface area contributed by atoms with Crippen molar-refractivity contribution in [2.45, 2.75) is 26.3 Å². The van der Waals surface area contributed by atoms with Crippen LogP contribution in [0.2, 0.25) is 0 Å². The number of carboxylic acid groups (broad SMARTS) is 1. The van der Waals surface area contributed by atoms with Gasteiger partial charge in [-0.1, -0.05) is 6.07 Å². The molecule has 0 aliphatic rings. The van der Waals surface area contributed by atoms with Gasteiger partial charge in [-0.25, -0.2) is 4.79 Å². The van der Waals surface area contributed by atoms with E-state index in [1.807, 2.05) is 25.1 Å². The van der Waals surface area contributed by atoms with Crippen molar-refractivity contribution in [1.82, 2.24) is 14.8 Å². The van der Waals surface area contributed by atoms with E-state index in [2.05, 4.69) is 10.1 Å². The predicted molar refractivity (Wildman–Crippen MR) is 66.5 cm³/mol. The Morgan fingerprint density at radius 1 is 1.44 bits per heavy atom. The smallest absolute Gasteiger partial charge is 0.356 e. The van der Waals surface area contributed by atoms with E-state index in [0.29, 0.717) is 6.54 Å². The molecule has 0 unspecified atom stereocenters. The number of rotatable bonds is 5. The summed E-state index contributed by atoms with van der Waals surface area (Å²) in [5.74, 6) is -0.985. The van der Waals surface area contributed by atoms with Gasteiger partial charge < -0.3 is 5.11 Å². The van der Waals surface area contributed by atoms with Crippen LogP contribution in [0.5, 0.6) is 0 Å². The van der Waals surface area contributed by atoms with E-state index in [1.165, 1.54) is 0 Å². The summed E-state index contributed by atoms with van der Waals surface area (Å²) in [5, 5.41) is 12.9. The first-order valence-corrected chi connectivity index (χ1v) is 5.84. The molecule has 18 heavy (non-hydrogen) atoms. The lowest BCUT2D eigenvalue weighted by Gasteiger charge is -2.03. The van der Waals surface area contributed by atoms with Gasteiger partial charge in [-0.05, 0) is 38.0 Å². The number of pyridine rings is 1. The van der Waals surface area contributed by atoms with Crippen LogP contribution in [-0.2, 0) is 13.0 Å². The van der Waals surface area contributed by atoms with Crippen molar-refractivity contribution in [2.24, 2.45) is 0 Å². The summed E-state index contributed by atoms with van der Waals surface area (Å²) in [7, 11) is 0. The van der Waals surface area contributed by atoms with Crippen LogP contribution in [-0.4, -0.2) is 25.8 Å². The first-order valence-electron chi connectivity index (χ1n) is 5.84. The molecule has 0 aliphatic carbocycles. The average Bonchev–Trinajstić information content (AvgIpc) is 2.73. The van der Waals surface area contributed by atoms with E-state index in [4.69, 9.17) is 5.11 Å². The molecular weight excluding hydrogens is 230 g/mol.